The number of ether oxygens (including phenoxy) is 1. The second kappa shape index (κ2) is 5.99. The maximum Gasteiger partial charge on any atom is 0.135 e. The average molecular weight is 238 g/mol. The second-order valence-corrected chi connectivity index (χ2v) is 6.15. The zero-order chi connectivity index (χ0) is 12.3. The predicted molar refractivity (Wildman–Crippen MR) is 68.9 cm³/mol. The van der Waals surface area contributed by atoms with Crippen molar-refractivity contribution in [3.05, 3.63) is 0 Å². The third-order valence-electron chi connectivity index (χ3n) is 4.61. The molecule has 2 nitrogen and oxygen atoms in total. The number of hydrogen-bond donors (Lipinski definition) is 0. The Morgan fingerprint density at radius 2 is 2.12 bits per heavy atom. The van der Waals surface area contributed by atoms with E-state index in [2.05, 4.69) is 13.8 Å². The van der Waals surface area contributed by atoms with E-state index in [0.717, 1.165) is 50.5 Å². The fourth-order valence-electron chi connectivity index (χ4n) is 3.29. The van der Waals surface area contributed by atoms with Gasteiger partial charge in [0.15, 0.2) is 0 Å². The van der Waals surface area contributed by atoms with Gasteiger partial charge in [-0.2, -0.15) is 0 Å². The van der Waals surface area contributed by atoms with Gasteiger partial charge in [-0.25, -0.2) is 0 Å². The molecule has 1 heterocycles. The molecule has 98 valence electrons. The molecule has 1 aliphatic carbocycles. The van der Waals surface area contributed by atoms with Crippen LogP contribution in [0.15, 0.2) is 0 Å². The number of ketones is 1. The van der Waals surface area contributed by atoms with Gasteiger partial charge in [0, 0.05) is 18.9 Å². The molecule has 2 rings (SSSR count). The third-order valence-corrected chi connectivity index (χ3v) is 4.61. The lowest BCUT2D eigenvalue weighted by molar-refractivity contribution is -0.126. The van der Waals surface area contributed by atoms with Crippen molar-refractivity contribution in [2.24, 2.45) is 17.8 Å². The van der Waals surface area contributed by atoms with Crippen molar-refractivity contribution in [2.45, 2.75) is 64.9 Å². The number of carbonyl (C=O) groups excluding carboxylic acids is 1. The van der Waals surface area contributed by atoms with Gasteiger partial charge >= 0.3 is 0 Å². The Balaban J connectivity index is 1.78. The number of carbonyl (C=O) groups is 1. The van der Waals surface area contributed by atoms with Gasteiger partial charge in [0.2, 0.25) is 0 Å². The molecule has 2 fully saturated rings. The van der Waals surface area contributed by atoms with Crippen molar-refractivity contribution in [1.29, 1.82) is 0 Å². The van der Waals surface area contributed by atoms with Gasteiger partial charge in [-0.15, -0.1) is 0 Å². The van der Waals surface area contributed by atoms with Crippen LogP contribution in [-0.4, -0.2) is 18.5 Å². The van der Waals surface area contributed by atoms with Crippen LogP contribution in [0.3, 0.4) is 0 Å². The Kier molecular flexibility index (Phi) is 4.61. The molecular weight excluding hydrogens is 212 g/mol. The highest BCUT2D eigenvalue weighted by atomic mass is 16.5. The predicted octanol–water partition coefficient (Wildman–Crippen LogP) is 3.59. The third kappa shape index (κ3) is 3.54. The van der Waals surface area contributed by atoms with Crippen LogP contribution in [-0.2, 0) is 9.53 Å². The normalized spacial score (nSPS) is 34.5. The maximum atomic E-state index is 11.9. The van der Waals surface area contributed by atoms with Gasteiger partial charge in [0.1, 0.15) is 5.78 Å². The minimum absolute atomic E-state index is 0.334. The van der Waals surface area contributed by atoms with E-state index >= 15 is 0 Å². The van der Waals surface area contributed by atoms with Crippen LogP contribution in [0.2, 0.25) is 0 Å². The lowest BCUT2D eigenvalue weighted by Crippen LogP contribution is -2.28. The van der Waals surface area contributed by atoms with Crippen molar-refractivity contribution in [3.8, 4) is 0 Å². The minimum Gasteiger partial charge on any atom is -0.378 e. The maximum absolute atomic E-state index is 11.9. The summed E-state index contributed by atoms with van der Waals surface area (Å²) in [6.07, 6.45) is 8.08. The Morgan fingerprint density at radius 3 is 2.76 bits per heavy atom. The highest BCUT2D eigenvalue weighted by molar-refractivity contribution is 5.81. The summed E-state index contributed by atoms with van der Waals surface area (Å²) in [4.78, 5) is 11.9. The van der Waals surface area contributed by atoms with Crippen LogP contribution in [0.1, 0.15) is 58.8 Å². The first-order valence-corrected chi connectivity index (χ1v) is 7.31. The molecule has 0 aromatic carbocycles. The standard InChI is InChI=1S/C15H26O2/c1-11(2)12-6-8-15(16)13(10-12)5-7-14-4-3-9-17-14/h11-14H,3-10H2,1-2H3. The topological polar surface area (TPSA) is 26.3 Å². The molecule has 0 N–H and O–H groups in total. The Morgan fingerprint density at radius 1 is 1.29 bits per heavy atom. The van der Waals surface area contributed by atoms with Gasteiger partial charge in [-0.1, -0.05) is 13.8 Å². The van der Waals surface area contributed by atoms with Crippen molar-refractivity contribution in [3.63, 3.8) is 0 Å². The highest BCUT2D eigenvalue weighted by Crippen LogP contribution is 2.34. The van der Waals surface area contributed by atoms with E-state index in [0.29, 0.717) is 17.8 Å². The summed E-state index contributed by atoms with van der Waals surface area (Å²) in [5, 5.41) is 0. The quantitative estimate of drug-likeness (QED) is 0.748. The smallest absolute Gasteiger partial charge is 0.135 e. The van der Waals surface area contributed by atoms with E-state index in [1.54, 1.807) is 0 Å². The number of hydrogen-bond acceptors (Lipinski definition) is 2. The fourth-order valence-corrected chi connectivity index (χ4v) is 3.29. The molecule has 2 aliphatic rings. The molecule has 0 aromatic rings. The number of Topliss-reactive ketones (excluding diaryl/α,β-unsaturated/α-hetero) is 1. The molecule has 1 aliphatic heterocycles. The molecule has 2 heteroatoms. The Hall–Kier alpha value is -0.370. The molecule has 0 radical (unpaired) electrons. The molecular formula is C15H26O2. The average Bonchev–Trinajstić information content (AvgIpc) is 2.80. The largest absolute Gasteiger partial charge is 0.378 e. The first kappa shape index (κ1) is 13.1. The summed E-state index contributed by atoms with van der Waals surface area (Å²) < 4.78 is 5.64. The molecule has 1 saturated heterocycles. The van der Waals surface area contributed by atoms with Crippen molar-refractivity contribution in [2.75, 3.05) is 6.61 Å². The number of rotatable bonds is 4. The summed E-state index contributed by atoms with van der Waals surface area (Å²) >= 11 is 0. The van der Waals surface area contributed by atoms with E-state index in [4.69, 9.17) is 4.74 Å². The minimum atomic E-state index is 0.334. The Bertz CT molecular complexity index is 254. The first-order chi connectivity index (χ1) is 8.16. The molecule has 3 atom stereocenters. The van der Waals surface area contributed by atoms with Crippen molar-refractivity contribution in [1.82, 2.24) is 0 Å². The summed E-state index contributed by atoms with van der Waals surface area (Å²) in [6, 6.07) is 0. The summed E-state index contributed by atoms with van der Waals surface area (Å²) in [6.45, 7) is 5.51. The van der Waals surface area contributed by atoms with E-state index in [1.165, 1.54) is 12.8 Å². The molecule has 0 aromatic heterocycles. The van der Waals surface area contributed by atoms with Crippen LogP contribution < -0.4 is 0 Å². The summed E-state index contributed by atoms with van der Waals surface area (Å²) in [7, 11) is 0. The fraction of sp³-hybridized carbons (Fsp3) is 0.933. The van der Waals surface area contributed by atoms with Crippen molar-refractivity contribution < 1.29 is 9.53 Å². The Labute approximate surface area is 105 Å². The lowest BCUT2D eigenvalue weighted by atomic mass is 9.74. The van der Waals surface area contributed by atoms with E-state index in [-0.39, 0.29) is 0 Å². The molecule has 0 bridgehead atoms. The van der Waals surface area contributed by atoms with Gasteiger partial charge in [-0.3, -0.25) is 4.79 Å². The van der Waals surface area contributed by atoms with Gasteiger partial charge in [0.05, 0.1) is 6.10 Å². The second-order valence-electron chi connectivity index (χ2n) is 6.15. The van der Waals surface area contributed by atoms with Crippen LogP contribution in [0.5, 0.6) is 0 Å². The monoisotopic (exact) mass is 238 g/mol. The molecule has 0 amide bonds. The highest BCUT2D eigenvalue weighted by Gasteiger charge is 2.30. The zero-order valence-electron chi connectivity index (χ0n) is 11.3. The van der Waals surface area contributed by atoms with E-state index in [1.807, 2.05) is 0 Å². The molecule has 3 unspecified atom stereocenters. The summed E-state index contributed by atoms with van der Waals surface area (Å²) in [5.74, 6) is 2.34. The molecule has 0 spiro atoms. The molecule has 1 saturated carbocycles. The first-order valence-electron chi connectivity index (χ1n) is 7.31. The van der Waals surface area contributed by atoms with Crippen LogP contribution in [0, 0.1) is 17.8 Å². The van der Waals surface area contributed by atoms with E-state index in [9.17, 15) is 4.79 Å². The van der Waals surface area contributed by atoms with Gasteiger partial charge in [0.25, 0.3) is 0 Å². The summed E-state index contributed by atoms with van der Waals surface area (Å²) in [5.41, 5.74) is 0. The van der Waals surface area contributed by atoms with Crippen molar-refractivity contribution >= 4 is 5.78 Å². The van der Waals surface area contributed by atoms with Crippen LogP contribution >= 0.6 is 0 Å². The van der Waals surface area contributed by atoms with Gasteiger partial charge < -0.3 is 4.74 Å². The lowest BCUT2D eigenvalue weighted by Gasteiger charge is -2.31. The van der Waals surface area contributed by atoms with Crippen LogP contribution in [0.4, 0.5) is 0 Å². The van der Waals surface area contributed by atoms with E-state index < -0.39 is 0 Å². The zero-order valence-corrected chi connectivity index (χ0v) is 11.3. The SMILES string of the molecule is CC(C)C1CCC(=O)C(CCC2CCCO2)C1. The molecule has 17 heavy (non-hydrogen) atoms. The van der Waals surface area contributed by atoms with Crippen LogP contribution in [0.25, 0.3) is 0 Å². The van der Waals surface area contributed by atoms with Gasteiger partial charge in [-0.05, 0) is 50.4 Å².